The fourth-order valence-corrected chi connectivity index (χ4v) is 1.27. The predicted octanol–water partition coefficient (Wildman–Crippen LogP) is 1.65. The van der Waals surface area contributed by atoms with E-state index in [0.717, 1.165) is 5.56 Å². The van der Waals surface area contributed by atoms with Gasteiger partial charge in [-0.3, -0.25) is 0 Å². The van der Waals surface area contributed by atoms with Gasteiger partial charge in [0.2, 0.25) is 0 Å². The van der Waals surface area contributed by atoms with Crippen LogP contribution in [0.5, 0.6) is 5.75 Å². The van der Waals surface area contributed by atoms with Gasteiger partial charge in [-0.2, -0.15) is 0 Å². The SMILES string of the molecule is COC(=O)C(C)Oc1ccc([C@@H](C)N)cc1. The summed E-state index contributed by atoms with van der Waals surface area (Å²) in [6, 6.07) is 7.33. The van der Waals surface area contributed by atoms with Gasteiger partial charge in [-0.25, -0.2) is 4.79 Å². The van der Waals surface area contributed by atoms with Gasteiger partial charge in [-0.05, 0) is 31.5 Å². The highest BCUT2D eigenvalue weighted by Gasteiger charge is 2.14. The zero-order valence-electron chi connectivity index (χ0n) is 9.77. The van der Waals surface area contributed by atoms with Gasteiger partial charge in [0.25, 0.3) is 0 Å². The maximum absolute atomic E-state index is 11.1. The molecule has 2 N–H and O–H groups in total. The molecule has 0 heterocycles. The fourth-order valence-electron chi connectivity index (χ4n) is 1.27. The highest BCUT2D eigenvalue weighted by atomic mass is 16.6. The summed E-state index contributed by atoms with van der Waals surface area (Å²) in [6.07, 6.45) is -0.605. The molecular formula is C12H17NO3. The minimum absolute atomic E-state index is 0.00733. The highest BCUT2D eigenvalue weighted by molar-refractivity contribution is 5.74. The molecule has 0 aromatic heterocycles. The number of benzene rings is 1. The molecule has 88 valence electrons. The number of esters is 1. The number of rotatable bonds is 4. The van der Waals surface area contributed by atoms with E-state index in [2.05, 4.69) is 4.74 Å². The molecule has 1 unspecified atom stereocenters. The van der Waals surface area contributed by atoms with Gasteiger partial charge >= 0.3 is 5.97 Å². The molecule has 0 aliphatic rings. The number of hydrogen-bond acceptors (Lipinski definition) is 4. The first-order valence-corrected chi connectivity index (χ1v) is 5.14. The topological polar surface area (TPSA) is 61.5 Å². The van der Waals surface area contributed by atoms with Crippen molar-refractivity contribution in [2.45, 2.75) is 26.0 Å². The lowest BCUT2D eigenvalue weighted by Crippen LogP contribution is -2.24. The van der Waals surface area contributed by atoms with Crippen LogP contribution in [0, 0.1) is 0 Å². The maximum atomic E-state index is 11.1. The molecule has 0 aliphatic carbocycles. The molecule has 0 saturated carbocycles. The van der Waals surface area contributed by atoms with Crippen LogP contribution in [0.3, 0.4) is 0 Å². The lowest BCUT2D eigenvalue weighted by Gasteiger charge is -2.13. The molecule has 0 spiro atoms. The van der Waals surface area contributed by atoms with Gasteiger partial charge < -0.3 is 15.2 Å². The number of ether oxygens (including phenoxy) is 2. The Morgan fingerprint density at radius 1 is 1.25 bits per heavy atom. The quantitative estimate of drug-likeness (QED) is 0.788. The molecule has 0 bridgehead atoms. The van der Waals surface area contributed by atoms with Crippen molar-refractivity contribution in [1.82, 2.24) is 0 Å². The van der Waals surface area contributed by atoms with Gasteiger partial charge in [-0.15, -0.1) is 0 Å². The Kier molecular flexibility index (Phi) is 4.31. The first-order chi connectivity index (χ1) is 7.54. The summed E-state index contributed by atoms with van der Waals surface area (Å²) in [5, 5.41) is 0. The fraction of sp³-hybridized carbons (Fsp3) is 0.417. The second-order valence-corrected chi connectivity index (χ2v) is 3.64. The molecule has 16 heavy (non-hydrogen) atoms. The van der Waals surface area contributed by atoms with Crippen LogP contribution in [0.25, 0.3) is 0 Å². The standard InChI is InChI=1S/C12H17NO3/c1-8(13)10-4-6-11(7-5-10)16-9(2)12(14)15-3/h4-9H,13H2,1-3H3/t8-,9?/m1/s1. The van der Waals surface area contributed by atoms with Crippen LogP contribution >= 0.6 is 0 Å². The summed E-state index contributed by atoms with van der Waals surface area (Å²) in [4.78, 5) is 11.1. The van der Waals surface area contributed by atoms with E-state index >= 15 is 0 Å². The number of nitrogens with two attached hydrogens (primary N) is 1. The first kappa shape index (κ1) is 12.5. The van der Waals surface area contributed by atoms with Crippen molar-refractivity contribution in [2.75, 3.05) is 7.11 Å². The van der Waals surface area contributed by atoms with E-state index in [1.54, 1.807) is 19.1 Å². The summed E-state index contributed by atoms with van der Waals surface area (Å²) in [6.45, 7) is 3.55. The largest absolute Gasteiger partial charge is 0.479 e. The molecule has 0 fully saturated rings. The maximum Gasteiger partial charge on any atom is 0.346 e. The Bertz CT molecular complexity index is 346. The molecule has 4 heteroatoms. The third-order valence-corrected chi connectivity index (χ3v) is 2.25. The zero-order chi connectivity index (χ0) is 12.1. The van der Waals surface area contributed by atoms with E-state index < -0.39 is 12.1 Å². The van der Waals surface area contributed by atoms with Crippen molar-refractivity contribution in [3.05, 3.63) is 29.8 Å². The van der Waals surface area contributed by atoms with Crippen LogP contribution in [0.4, 0.5) is 0 Å². The molecule has 0 amide bonds. The Balaban J connectivity index is 2.65. The van der Waals surface area contributed by atoms with Crippen molar-refractivity contribution in [3.63, 3.8) is 0 Å². The van der Waals surface area contributed by atoms with Gasteiger partial charge in [0.15, 0.2) is 6.10 Å². The number of carbonyl (C=O) groups is 1. The van der Waals surface area contributed by atoms with Crippen molar-refractivity contribution >= 4 is 5.97 Å². The number of hydrogen-bond donors (Lipinski definition) is 1. The summed E-state index contributed by atoms with van der Waals surface area (Å²) in [5.41, 5.74) is 6.75. The molecule has 4 nitrogen and oxygen atoms in total. The number of methoxy groups -OCH3 is 1. The predicted molar refractivity (Wildman–Crippen MR) is 61.2 cm³/mol. The van der Waals surface area contributed by atoms with Gasteiger partial charge in [-0.1, -0.05) is 12.1 Å². The minimum Gasteiger partial charge on any atom is -0.479 e. The van der Waals surface area contributed by atoms with Crippen molar-refractivity contribution in [1.29, 1.82) is 0 Å². The first-order valence-electron chi connectivity index (χ1n) is 5.14. The van der Waals surface area contributed by atoms with Gasteiger partial charge in [0.1, 0.15) is 5.75 Å². The molecule has 0 aliphatic heterocycles. The summed E-state index contributed by atoms with van der Waals surface area (Å²) >= 11 is 0. The minimum atomic E-state index is -0.605. The summed E-state index contributed by atoms with van der Waals surface area (Å²) < 4.78 is 9.95. The third-order valence-electron chi connectivity index (χ3n) is 2.25. The van der Waals surface area contributed by atoms with Crippen LogP contribution in [-0.4, -0.2) is 19.2 Å². The Labute approximate surface area is 95.3 Å². The third kappa shape index (κ3) is 3.24. The molecule has 1 rings (SSSR count). The van der Waals surface area contributed by atoms with Crippen LogP contribution in [0.2, 0.25) is 0 Å². The highest BCUT2D eigenvalue weighted by Crippen LogP contribution is 2.17. The zero-order valence-corrected chi connectivity index (χ0v) is 9.77. The molecule has 0 radical (unpaired) electrons. The van der Waals surface area contributed by atoms with Crippen LogP contribution in [-0.2, 0) is 9.53 Å². The smallest absolute Gasteiger partial charge is 0.346 e. The normalized spacial score (nSPS) is 14.0. The van der Waals surface area contributed by atoms with E-state index in [1.165, 1.54) is 7.11 Å². The monoisotopic (exact) mass is 223 g/mol. The van der Waals surface area contributed by atoms with Crippen LogP contribution in [0.1, 0.15) is 25.5 Å². The number of carbonyl (C=O) groups excluding carboxylic acids is 1. The Hall–Kier alpha value is -1.55. The van der Waals surface area contributed by atoms with E-state index in [1.807, 2.05) is 19.1 Å². The molecule has 2 atom stereocenters. The van der Waals surface area contributed by atoms with E-state index in [0.29, 0.717) is 5.75 Å². The second-order valence-electron chi connectivity index (χ2n) is 3.64. The van der Waals surface area contributed by atoms with Crippen molar-refractivity contribution in [2.24, 2.45) is 5.73 Å². The van der Waals surface area contributed by atoms with Crippen LogP contribution < -0.4 is 10.5 Å². The lowest BCUT2D eigenvalue weighted by atomic mass is 10.1. The summed E-state index contributed by atoms with van der Waals surface area (Å²) in [5.74, 6) is 0.235. The average Bonchev–Trinajstić information content (AvgIpc) is 2.28. The molecule has 0 saturated heterocycles. The Morgan fingerprint density at radius 2 is 1.81 bits per heavy atom. The lowest BCUT2D eigenvalue weighted by molar-refractivity contribution is -0.147. The summed E-state index contributed by atoms with van der Waals surface area (Å²) in [7, 11) is 1.33. The average molecular weight is 223 g/mol. The van der Waals surface area contributed by atoms with E-state index in [4.69, 9.17) is 10.5 Å². The molecule has 1 aromatic rings. The molecule has 1 aromatic carbocycles. The Morgan fingerprint density at radius 3 is 2.25 bits per heavy atom. The van der Waals surface area contributed by atoms with E-state index in [-0.39, 0.29) is 6.04 Å². The van der Waals surface area contributed by atoms with Gasteiger partial charge in [0, 0.05) is 6.04 Å². The second kappa shape index (κ2) is 5.51. The van der Waals surface area contributed by atoms with Crippen molar-refractivity contribution < 1.29 is 14.3 Å². The van der Waals surface area contributed by atoms with Crippen LogP contribution in [0.15, 0.2) is 24.3 Å². The molecular weight excluding hydrogens is 206 g/mol. The van der Waals surface area contributed by atoms with E-state index in [9.17, 15) is 4.79 Å². The van der Waals surface area contributed by atoms with Gasteiger partial charge in [0.05, 0.1) is 7.11 Å². The van der Waals surface area contributed by atoms with Crippen molar-refractivity contribution in [3.8, 4) is 5.75 Å².